The van der Waals surface area contributed by atoms with Crippen LogP contribution in [0.3, 0.4) is 0 Å². The first kappa shape index (κ1) is 9.86. The van der Waals surface area contributed by atoms with Gasteiger partial charge in [0.05, 0.1) is 11.9 Å². The Labute approximate surface area is 77.4 Å². The molecule has 0 aliphatic carbocycles. The molecule has 70 valence electrons. The Balaban J connectivity index is 2.31. The van der Waals surface area contributed by atoms with Gasteiger partial charge in [-0.25, -0.2) is 0 Å². The lowest BCUT2D eigenvalue weighted by atomic mass is 10.3. The van der Waals surface area contributed by atoms with Crippen molar-refractivity contribution in [3.63, 3.8) is 0 Å². The van der Waals surface area contributed by atoms with Crippen LogP contribution in [-0.2, 0) is 9.53 Å². The molecule has 0 aromatic carbocycles. The predicted octanol–water partition coefficient (Wildman–Crippen LogP) is 0.597. The molecule has 1 amide bonds. The number of rotatable bonds is 3. The summed E-state index contributed by atoms with van der Waals surface area (Å²) >= 11 is 1.57. The van der Waals surface area contributed by atoms with Crippen molar-refractivity contribution in [2.24, 2.45) is 0 Å². The van der Waals surface area contributed by atoms with Crippen LogP contribution in [0, 0.1) is 0 Å². The molecule has 12 heavy (non-hydrogen) atoms. The minimum atomic E-state index is 0.238. The van der Waals surface area contributed by atoms with E-state index in [1.807, 2.05) is 11.2 Å². The second-order valence-electron chi connectivity index (χ2n) is 2.92. The number of thioether (sulfide) groups is 1. The second kappa shape index (κ2) is 4.72. The molecule has 4 heteroatoms. The fourth-order valence-electron chi connectivity index (χ4n) is 1.36. The number of hydrogen-bond donors (Lipinski definition) is 0. The van der Waals surface area contributed by atoms with Gasteiger partial charge in [-0.15, -0.1) is 0 Å². The largest absolute Gasteiger partial charge is 0.380 e. The molecule has 0 N–H and O–H groups in total. The Kier molecular flexibility index (Phi) is 3.88. The number of nitrogens with zero attached hydrogens (tertiary/aromatic N) is 1. The number of hydrogen-bond acceptors (Lipinski definition) is 3. The molecule has 3 nitrogen and oxygen atoms in total. The third kappa shape index (κ3) is 2.38. The summed E-state index contributed by atoms with van der Waals surface area (Å²) in [6.45, 7) is 1.63. The zero-order chi connectivity index (χ0) is 8.97. The fourth-order valence-corrected chi connectivity index (χ4v) is 1.79. The molecular weight excluding hydrogens is 174 g/mol. The van der Waals surface area contributed by atoms with Crippen LogP contribution in [0.5, 0.6) is 0 Å². The molecule has 0 spiro atoms. The fraction of sp³-hybridized carbons (Fsp3) is 0.875. The van der Waals surface area contributed by atoms with Crippen LogP contribution in [0.4, 0.5) is 0 Å². The Morgan fingerprint density at radius 3 is 3.00 bits per heavy atom. The Morgan fingerprint density at radius 1 is 1.75 bits per heavy atom. The molecule has 0 radical (unpaired) electrons. The van der Waals surface area contributed by atoms with Gasteiger partial charge < -0.3 is 9.64 Å². The summed E-state index contributed by atoms with van der Waals surface area (Å²) in [6, 6.07) is 0. The van der Waals surface area contributed by atoms with Gasteiger partial charge in [-0.05, 0) is 12.7 Å². The third-order valence-corrected chi connectivity index (χ3v) is 2.63. The van der Waals surface area contributed by atoms with E-state index in [0.717, 1.165) is 19.5 Å². The van der Waals surface area contributed by atoms with Crippen molar-refractivity contribution < 1.29 is 9.53 Å². The lowest BCUT2D eigenvalue weighted by Crippen LogP contribution is -2.31. The normalized spacial score (nSPS) is 23.2. The van der Waals surface area contributed by atoms with Gasteiger partial charge in [0.15, 0.2) is 0 Å². The highest BCUT2D eigenvalue weighted by molar-refractivity contribution is 7.99. The number of ether oxygens (including phenoxy) is 1. The van der Waals surface area contributed by atoms with Crippen LogP contribution >= 0.6 is 11.8 Å². The summed E-state index contributed by atoms with van der Waals surface area (Å²) in [5.74, 6) is 0.832. The summed E-state index contributed by atoms with van der Waals surface area (Å²) in [5.41, 5.74) is 0. The minimum Gasteiger partial charge on any atom is -0.380 e. The van der Waals surface area contributed by atoms with E-state index in [0.29, 0.717) is 5.75 Å². The van der Waals surface area contributed by atoms with Crippen molar-refractivity contribution in [1.82, 2.24) is 4.90 Å². The SMILES string of the molecule is COC1CCN(C(=O)CSC)C1. The van der Waals surface area contributed by atoms with E-state index >= 15 is 0 Å². The number of amides is 1. The van der Waals surface area contributed by atoms with Gasteiger partial charge >= 0.3 is 0 Å². The Bertz CT molecular complexity index is 163. The Morgan fingerprint density at radius 2 is 2.50 bits per heavy atom. The highest BCUT2D eigenvalue weighted by atomic mass is 32.2. The Hall–Kier alpha value is -0.220. The summed E-state index contributed by atoms with van der Waals surface area (Å²) in [6.07, 6.45) is 3.19. The van der Waals surface area contributed by atoms with Crippen LogP contribution < -0.4 is 0 Å². The van der Waals surface area contributed by atoms with E-state index in [1.165, 1.54) is 0 Å². The molecule has 1 saturated heterocycles. The topological polar surface area (TPSA) is 29.5 Å². The summed E-state index contributed by atoms with van der Waals surface area (Å²) in [5, 5.41) is 0. The molecule has 1 fully saturated rings. The molecule has 1 atom stereocenters. The highest BCUT2D eigenvalue weighted by Crippen LogP contribution is 2.12. The molecule has 0 saturated carbocycles. The standard InChI is InChI=1S/C8H15NO2S/c1-11-7-3-4-9(5-7)8(10)6-12-2/h7H,3-6H2,1-2H3. The lowest BCUT2D eigenvalue weighted by molar-refractivity contribution is -0.127. The van der Waals surface area contributed by atoms with E-state index in [9.17, 15) is 4.79 Å². The zero-order valence-electron chi connectivity index (χ0n) is 7.58. The summed E-state index contributed by atoms with van der Waals surface area (Å²) < 4.78 is 5.17. The minimum absolute atomic E-state index is 0.238. The predicted molar refractivity (Wildman–Crippen MR) is 50.4 cm³/mol. The van der Waals surface area contributed by atoms with Crippen molar-refractivity contribution in [1.29, 1.82) is 0 Å². The van der Waals surface area contributed by atoms with E-state index in [1.54, 1.807) is 18.9 Å². The van der Waals surface area contributed by atoms with Crippen molar-refractivity contribution >= 4 is 17.7 Å². The highest BCUT2D eigenvalue weighted by Gasteiger charge is 2.25. The number of likely N-dealkylation sites (tertiary alicyclic amines) is 1. The molecule has 1 aliphatic rings. The van der Waals surface area contributed by atoms with Crippen LogP contribution in [0.1, 0.15) is 6.42 Å². The number of methoxy groups -OCH3 is 1. The van der Waals surface area contributed by atoms with Crippen LogP contribution in [0.15, 0.2) is 0 Å². The van der Waals surface area contributed by atoms with Gasteiger partial charge in [-0.3, -0.25) is 4.79 Å². The molecule has 1 aliphatic heterocycles. The van der Waals surface area contributed by atoms with Gasteiger partial charge in [-0.2, -0.15) is 11.8 Å². The van der Waals surface area contributed by atoms with Crippen molar-refractivity contribution in [3.8, 4) is 0 Å². The average Bonchev–Trinajstić information content (AvgIpc) is 2.52. The van der Waals surface area contributed by atoms with E-state index < -0.39 is 0 Å². The molecule has 1 heterocycles. The summed E-state index contributed by atoms with van der Waals surface area (Å²) in [4.78, 5) is 13.2. The maximum absolute atomic E-state index is 11.4. The van der Waals surface area contributed by atoms with Gasteiger partial charge in [-0.1, -0.05) is 0 Å². The molecule has 1 unspecified atom stereocenters. The maximum atomic E-state index is 11.4. The lowest BCUT2D eigenvalue weighted by Gasteiger charge is -2.14. The third-order valence-electron chi connectivity index (χ3n) is 2.10. The van der Waals surface area contributed by atoms with E-state index in [-0.39, 0.29) is 12.0 Å². The van der Waals surface area contributed by atoms with E-state index in [2.05, 4.69) is 0 Å². The van der Waals surface area contributed by atoms with Crippen LogP contribution in [0.2, 0.25) is 0 Å². The van der Waals surface area contributed by atoms with E-state index in [4.69, 9.17) is 4.74 Å². The van der Waals surface area contributed by atoms with Gasteiger partial charge in [0, 0.05) is 20.2 Å². The number of carbonyl (C=O) groups excluding carboxylic acids is 1. The molecular formula is C8H15NO2S. The second-order valence-corrected chi connectivity index (χ2v) is 3.79. The monoisotopic (exact) mass is 189 g/mol. The molecule has 0 bridgehead atoms. The van der Waals surface area contributed by atoms with Crippen LogP contribution in [-0.4, -0.2) is 49.1 Å². The molecule has 1 rings (SSSR count). The maximum Gasteiger partial charge on any atom is 0.232 e. The summed E-state index contributed by atoms with van der Waals surface area (Å²) in [7, 11) is 1.70. The first-order valence-corrected chi connectivity index (χ1v) is 5.46. The smallest absolute Gasteiger partial charge is 0.232 e. The average molecular weight is 189 g/mol. The van der Waals surface area contributed by atoms with Crippen molar-refractivity contribution in [2.75, 3.05) is 32.2 Å². The van der Waals surface area contributed by atoms with Gasteiger partial charge in [0.1, 0.15) is 0 Å². The van der Waals surface area contributed by atoms with Gasteiger partial charge in [0.2, 0.25) is 5.91 Å². The van der Waals surface area contributed by atoms with Crippen LogP contribution in [0.25, 0.3) is 0 Å². The first-order chi connectivity index (χ1) is 5.77. The zero-order valence-corrected chi connectivity index (χ0v) is 8.39. The first-order valence-electron chi connectivity index (χ1n) is 4.07. The van der Waals surface area contributed by atoms with Crippen molar-refractivity contribution in [3.05, 3.63) is 0 Å². The van der Waals surface area contributed by atoms with Gasteiger partial charge in [0.25, 0.3) is 0 Å². The quantitative estimate of drug-likeness (QED) is 0.651. The molecule has 0 aromatic rings. The number of carbonyl (C=O) groups is 1. The molecule has 0 aromatic heterocycles. The van der Waals surface area contributed by atoms with Crippen molar-refractivity contribution in [2.45, 2.75) is 12.5 Å².